The summed E-state index contributed by atoms with van der Waals surface area (Å²) < 4.78 is 5.46. The van der Waals surface area contributed by atoms with Crippen molar-refractivity contribution in [1.82, 2.24) is 5.32 Å². The Morgan fingerprint density at radius 1 is 1.17 bits per heavy atom. The van der Waals surface area contributed by atoms with Crippen molar-refractivity contribution in [2.45, 2.75) is 19.4 Å². The van der Waals surface area contributed by atoms with Gasteiger partial charge in [-0.2, -0.15) is 0 Å². The van der Waals surface area contributed by atoms with E-state index >= 15 is 0 Å². The number of halogens is 1. The number of carboxylic acid groups (broad SMARTS) is 1. The zero-order valence-electron chi connectivity index (χ0n) is 13.1. The summed E-state index contributed by atoms with van der Waals surface area (Å²) in [6.07, 6.45) is -0.336. The number of aryl methyl sites for hydroxylation is 1. The summed E-state index contributed by atoms with van der Waals surface area (Å²) in [5, 5.41) is 14.1. The van der Waals surface area contributed by atoms with E-state index in [1.165, 1.54) is 0 Å². The first-order valence-corrected chi connectivity index (χ1v) is 7.76. The highest BCUT2D eigenvalue weighted by atomic mass is 35.5. The first-order chi connectivity index (χ1) is 11.5. The molecule has 2 aromatic carbocycles. The third-order valence-electron chi connectivity index (χ3n) is 3.43. The lowest BCUT2D eigenvalue weighted by molar-refractivity contribution is -0.306. The van der Waals surface area contributed by atoms with Crippen LogP contribution >= 0.6 is 11.6 Å². The van der Waals surface area contributed by atoms with Gasteiger partial charge in [0, 0.05) is 17.4 Å². The first-order valence-electron chi connectivity index (χ1n) is 7.39. The van der Waals surface area contributed by atoms with Crippen molar-refractivity contribution < 1.29 is 19.4 Å². The Bertz CT molecular complexity index is 715. The Morgan fingerprint density at radius 2 is 1.83 bits per heavy atom. The largest absolute Gasteiger partial charge is 0.550 e. The van der Waals surface area contributed by atoms with Crippen LogP contribution < -0.4 is 15.2 Å². The Balaban J connectivity index is 2.00. The molecule has 1 atom stereocenters. The molecular formula is C18H17ClNO4-. The van der Waals surface area contributed by atoms with E-state index < -0.39 is 17.9 Å². The fourth-order valence-corrected chi connectivity index (χ4v) is 2.34. The minimum atomic E-state index is -1.25. The molecule has 1 amide bonds. The van der Waals surface area contributed by atoms with Crippen molar-refractivity contribution in [1.29, 1.82) is 0 Å². The normalized spacial score (nSPS) is 11.6. The molecule has 0 saturated carbocycles. The van der Waals surface area contributed by atoms with Crippen LogP contribution in [0.1, 0.15) is 23.6 Å². The number of carbonyl (C=O) groups excluding carboxylic acids is 2. The first kappa shape index (κ1) is 17.8. The number of nitrogens with one attached hydrogen (secondary N) is 1. The van der Waals surface area contributed by atoms with Crippen molar-refractivity contribution in [3.63, 3.8) is 0 Å². The van der Waals surface area contributed by atoms with Gasteiger partial charge in [0.25, 0.3) is 5.91 Å². The van der Waals surface area contributed by atoms with Crippen LogP contribution in [0.4, 0.5) is 0 Å². The monoisotopic (exact) mass is 346 g/mol. The van der Waals surface area contributed by atoms with Gasteiger partial charge in [-0.15, -0.1) is 0 Å². The van der Waals surface area contributed by atoms with Crippen molar-refractivity contribution >= 4 is 23.5 Å². The number of benzene rings is 2. The van der Waals surface area contributed by atoms with Crippen LogP contribution in [0.5, 0.6) is 5.75 Å². The second-order valence-electron chi connectivity index (χ2n) is 5.30. The van der Waals surface area contributed by atoms with Crippen molar-refractivity contribution in [2.24, 2.45) is 0 Å². The number of aliphatic carboxylic acids is 1. The average molecular weight is 347 g/mol. The molecule has 0 aliphatic heterocycles. The molecule has 0 aliphatic carbocycles. The number of ether oxygens (including phenoxy) is 1. The van der Waals surface area contributed by atoms with Crippen LogP contribution in [0, 0.1) is 6.92 Å². The quantitative estimate of drug-likeness (QED) is 0.832. The maximum absolute atomic E-state index is 12.1. The van der Waals surface area contributed by atoms with E-state index in [0.717, 1.165) is 5.56 Å². The second kappa shape index (κ2) is 8.36. The van der Waals surface area contributed by atoms with E-state index in [9.17, 15) is 14.7 Å². The standard InChI is InChI=1S/C18H18ClNO4/c1-12-4-2-3-5-16(12)24-11-17(21)20-15(10-18(22)23)13-6-8-14(19)9-7-13/h2-9,15H,10-11H2,1H3,(H,20,21)(H,22,23)/p-1/t15-/m1/s1. The molecule has 126 valence electrons. The zero-order chi connectivity index (χ0) is 17.5. The topological polar surface area (TPSA) is 78.5 Å². The van der Waals surface area contributed by atoms with E-state index in [2.05, 4.69) is 5.32 Å². The fourth-order valence-electron chi connectivity index (χ4n) is 2.21. The SMILES string of the molecule is Cc1ccccc1OCC(=O)N[C@H](CC(=O)[O-])c1ccc(Cl)cc1. The molecule has 0 radical (unpaired) electrons. The minimum absolute atomic E-state index is 0.206. The summed E-state index contributed by atoms with van der Waals surface area (Å²) in [5.74, 6) is -1.06. The number of hydrogen-bond donors (Lipinski definition) is 1. The van der Waals surface area contributed by atoms with Gasteiger partial charge in [-0.1, -0.05) is 41.9 Å². The predicted molar refractivity (Wildman–Crippen MR) is 88.6 cm³/mol. The molecule has 0 unspecified atom stereocenters. The Kier molecular flexibility index (Phi) is 6.21. The fraction of sp³-hybridized carbons (Fsp3) is 0.222. The Morgan fingerprint density at radius 3 is 2.46 bits per heavy atom. The molecule has 0 bridgehead atoms. The highest BCUT2D eigenvalue weighted by Gasteiger charge is 2.15. The highest BCUT2D eigenvalue weighted by molar-refractivity contribution is 6.30. The molecule has 1 N–H and O–H groups in total. The van der Waals surface area contributed by atoms with Crippen LogP contribution in [0.2, 0.25) is 5.02 Å². The molecule has 5 nitrogen and oxygen atoms in total. The molecule has 0 heterocycles. The molecule has 2 aromatic rings. The summed E-state index contributed by atoms with van der Waals surface area (Å²) in [5.41, 5.74) is 1.54. The van der Waals surface area contributed by atoms with E-state index in [4.69, 9.17) is 16.3 Å². The lowest BCUT2D eigenvalue weighted by Crippen LogP contribution is -2.36. The molecular weight excluding hydrogens is 330 g/mol. The van der Waals surface area contributed by atoms with Gasteiger partial charge < -0.3 is 20.0 Å². The summed E-state index contributed by atoms with van der Waals surface area (Å²) >= 11 is 5.82. The molecule has 0 aliphatic rings. The number of hydrogen-bond acceptors (Lipinski definition) is 4. The lowest BCUT2D eigenvalue weighted by atomic mass is 10.0. The van der Waals surface area contributed by atoms with Gasteiger partial charge in [0.2, 0.25) is 0 Å². The molecule has 0 fully saturated rings. The molecule has 24 heavy (non-hydrogen) atoms. The van der Waals surface area contributed by atoms with E-state index in [1.54, 1.807) is 30.3 Å². The number of carboxylic acids is 1. The van der Waals surface area contributed by atoms with Crippen LogP contribution in [0.15, 0.2) is 48.5 Å². The van der Waals surface area contributed by atoms with Crippen molar-refractivity contribution in [3.8, 4) is 5.75 Å². The van der Waals surface area contributed by atoms with E-state index in [-0.39, 0.29) is 13.0 Å². The van der Waals surface area contributed by atoms with Crippen LogP contribution in [-0.4, -0.2) is 18.5 Å². The lowest BCUT2D eigenvalue weighted by Gasteiger charge is -2.20. The molecule has 6 heteroatoms. The van der Waals surface area contributed by atoms with Crippen molar-refractivity contribution in [3.05, 3.63) is 64.7 Å². The molecule has 2 rings (SSSR count). The Labute approximate surface area is 145 Å². The molecule has 0 spiro atoms. The van der Waals surface area contributed by atoms with Gasteiger partial charge in [-0.25, -0.2) is 0 Å². The van der Waals surface area contributed by atoms with Crippen molar-refractivity contribution in [2.75, 3.05) is 6.61 Å². The van der Waals surface area contributed by atoms with E-state index in [1.807, 2.05) is 25.1 Å². The number of carbonyl (C=O) groups is 2. The van der Waals surface area contributed by atoms with Gasteiger partial charge in [-0.05, 0) is 36.2 Å². The maximum Gasteiger partial charge on any atom is 0.258 e. The van der Waals surface area contributed by atoms with Crippen LogP contribution in [0.25, 0.3) is 0 Å². The Hall–Kier alpha value is -2.53. The number of amides is 1. The highest BCUT2D eigenvalue weighted by Crippen LogP contribution is 2.20. The van der Waals surface area contributed by atoms with E-state index in [0.29, 0.717) is 16.3 Å². The zero-order valence-corrected chi connectivity index (χ0v) is 13.9. The summed E-state index contributed by atoms with van der Waals surface area (Å²) in [6.45, 7) is 1.67. The predicted octanol–water partition coefficient (Wildman–Crippen LogP) is 2.02. The van der Waals surface area contributed by atoms with Crippen LogP contribution in [0.3, 0.4) is 0 Å². The summed E-state index contributed by atoms with van der Waals surface area (Å²) in [6, 6.07) is 13.2. The third-order valence-corrected chi connectivity index (χ3v) is 3.68. The summed E-state index contributed by atoms with van der Waals surface area (Å²) in [7, 11) is 0. The third kappa shape index (κ3) is 5.28. The second-order valence-corrected chi connectivity index (χ2v) is 5.74. The smallest absolute Gasteiger partial charge is 0.258 e. The number of rotatable bonds is 7. The summed E-state index contributed by atoms with van der Waals surface area (Å²) in [4.78, 5) is 23.0. The molecule has 0 saturated heterocycles. The molecule has 0 aromatic heterocycles. The van der Waals surface area contributed by atoms with Gasteiger partial charge >= 0.3 is 0 Å². The number of para-hydroxylation sites is 1. The average Bonchev–Trinajstić information content (AvgIpc) is 2.54. The van der Waals surface area contributed by atoms with Gasteiger partial charge in [-0.3, -0.25) is 4.79 Å². The van der Waals surface area contributed by atoms with Gasteiger partial charge in [0.1, 0.15) is 5.75 Å². The van der Waals surface area contributed by atoms with Crippen LogP contribution in [-0.2, 0) is 9.59 Å². The maximum atomic E-state index is 12.1. The van der Waals surface area contributed by atoms with Gasteiger partial charge in [0.05, 0.1) is 6.04 Å². The van der Waals surface area contributed by atoms with Gasteiger partial charge in [0.15, 0.2) is 6.61 Å². The minimum Gasteiger partial charge on any atom is -0.550 e.